The predicted molar refractivity (Wildman–Crippen MR) is 106 cm³/mol. The highest BCUT2D eigenvalue weighted by molar-refractivity contribution is 7.62. The summed E-state index contributed by atoms with van der Waals surface area (Å²) in [4.78, 5) is 0. The van der Waals surface area contributed by atoms with Gasteiger partial charge in [-0.3, -0.25) is 0 Å². The SMILES string of the molecule is CP(=O)(CO)COC(c1ccccc1)(c1ccccc1)c1ccccc1. The Kier molecular flexibility index (Phi) is 5.73. The molecule has 0 amide bonds. The van der Waals surface area contributed by atoms with Gasteiger partial charge in [-0.05, 0) is 23.4 Å². The van der Waals surface area contributed by atoms with Gasteiger partial charge in [0.1, 0.15) is 19.1 Å². The molecule has 3 rings (SSSR count). The molecule has 0 bridgehead atoms. The molecule has 4 heteroatoms. The van der Waals surface area contributed by atoms with Crippen LogP contribution in [0.1, 0.15) is 16.7 Å². The zero-order valence-electron chi connectivity index (χ0n) is 14.8. The second-order valence-corrected chi connectivity index (χ2v) is 9.63. The highest BCUT2D eigenvalue weighted by atomic mass is 31.2. The average molecular weight is 366 g/mol. The molecule has 0 radical (unpaired) electrons. The van der Waals surface area contributed by atoms with Crippen molar-refractivity contribution < 1.29 is 14.4 Å². The highest BCUT2D eigenvalue weighted by Gasteiger charge is 2.38. The van der Waals surface area contributed by atoms with E-state index >= 15 is 0 Å². The van der Waals surface area contributed by atoms with Crippen molar-refractivity contribution in [3.8, 4) is 0 Å². The minimum atomic E-state index is -2.80. The fraction of sp³-hybridized carbons (Fsp3) is 0.182. The number of rotatable bonds is 7. The van der Waals surface area contributed by atoms with Crippen molar-refractivity contribution in [2.45, 2.75) is 5.60 Å². The van der Waals surface area contributed by atoms with Gasteiger partial charge in [-0.2, -0.15) is 0 Å². The molecule has 3 nitrogen and oxygen atoms in total. The molecule has 0 saturated heterocycles. The Hall–Kier alpha value is -2.19. The molecule has 3 aromatic rings. The topological polar surface area (TPSA) is 46.5 Å². The van der Waals surface area contributed by atoms with Crippen LogP contribution in [0.25, 0.3) is 0 Å². The van der Waals surface area contributed by atoms with E-state index in [2.05, 4.69) is 0 Å². The van der Waals surface area contributed by atoms with E-state index in [1.807, 2.05) is 91.0 Å². The highest BCUT2D eigenvalue weighted by Crippen LogP contribution is 2.46. The number of benzene rings is 3. The molecule has 0 aliphatic carbocycles. The molecule has 0 fully saturated rings. The lowest BCUT2D eigenvalue weighted by Crippen LogP contribution is -2.33. The molecule has 3 aromatic carbocycles. The van der Waals surface area contributed by atoms with Gasteiger partial charge in [-0.25, -0.2) is 0 Å². The summed E-state index contributed by atoms with van der Waals surface area (Å²) < 4.78 is 19.0. The average Bonchev–Trinajstić information content (AvgIpc) is 2.71. The smallest absolute Gasteiger partial charge is 0.144 e. The number of ether oxygens (including phenoxy) is 1. The summed E-state index contributed by atoms with van der Waals surface area (Å²) >= 11 is 0. The zero-order valence-corrected chi connectivity index (χ0v) is 15.7. The molecule has 1 unspecified atom stereocenters. The van der Waals surface area contributed by atoms with E-state index in [1.165, 1.54) is 0 Å². The molecule has 0 aliphatic rings. The Labute approximate surface area is 154 Å². The van der Waals surface area contributed by atoms with Crippen LogP contribution in [-0.4, -0.2) is 24.5 Å². The Morgan fingerprint density at radius 3 is 1.42 bits per heavy atom. The molecule has 0 aliphatic heterocycles. The van der Waals surface area contributed by atoms with E-state index in [4.69, 9.17) is 4.74 Å². The Morgan fingerprint density at radius 2 is 1.12 bits per heavy atom. The first-order chi connectivity index (χ1) is 12.6. The van der Waals surface area contributed by atoms with Crippen LogP contribution in [0, 0.1) is 0 Å². The van der Waals surface area contributed by atoms with Crippen molar-refractivity contribution in [3.05, 3.63) is 108 Å². The van der Waals surface area contributed by atoms with E-state index in [0.29, 0.717) is 0 Å². The molecule has 26 heavy (non-hydrogen) atoms. The van der Waals surface area contributed by atoms with Gasteiger partial charge in [0.2, 0.25) is 0 Å². The van der Waals surface area contributed by atoms with E-state index in [-0.39, 0.29) is 12.7 Å². The molecular weight excluding hydrogens is 343 g/mol. The van der Waals surface area contributed by atoms with Gasteiger partial charge in [0, 0.05) is 0 Å². The zero-order chi connectivity index (χ0) is 18.5. The Balaban J connectivity index is 2.23. The number of hydrogen-bond acceptors (Lipinski definition) is 3. The van der Waals surface area contributed by atoms with Crippen molar-refractivity contribution in [1.29, 1.82) is 0 Å². The fourth-order valence-electron chi connectivity index (χ4n) is 3.04. The standard InChI is InChI=1S/C22H23O3P/c1-26(24,17-23)18-25-22(19-11-5-2-6-12-19,20-13-7-3-8-14-20)21-15-9-4-10-16-21/h2-16,23H,17-18H2,1H3. The van der Waals surface area contributed by atoms with Crippen molar-refractivity contribution in [3.63, 3.8) is 0 Å². The van der Waals surface area contributed by atoms with Crippen LogP contribution in [0.5, 0.6) is 0 Å². The van der Waals surface area contributed by atoms with E-state index in [1.54, 1.807) is 6.66 Å². The third-order valence-electron chi connectivity index (χ3n) is 4.39. The maximum absolute atomic E-state index is 12.5. The van der Waals surface area contributed by atoms with Gasteiger partial charge >= 0.3 is 0 Å². The minimum Gasteiger partial charge on any atom is -0.389 e. The maximum atomic E-state index is 12.5. The lowest BCUT2D eigenvalue weighted by Gasteiger charge is -2.36. The van der Waals surface area contributed by atoms with Crippen LogP contribution in [0.4, 0.5) is 0 Å². The number of aliphatic hydroxyl groups excluding tert-OH is 1. The normalized spacial score (nSPS) is 13.9. The van der Waals surface area contributed by atoms with Gasteiger partial charge < -0.3 is 14.4 Å². The number of hydrogen-bond donors (Lipinski definition) is 1. The largest absolute Gasteiger partial charge is 0.389 e. The third-order valence-corrected chi connectivity index (χ3v) is 5.67. The second kappa shape index (κ2) is 8.01. The molecule has 1 atom stereocenters. The summed E-state index contributed by atoms with van der Waals surface area (Å²) in [5.74, 6) is 0. The summed E-state index contributed by atoms with van der Waals surface area (Å²) in [6.07, 6.45) is -0.385. The van der Waals surface area contributed by atoms with Crippen LogP contribution < -0.4 is 0 Å². The van der Waals surface area contributed by atoms with Gasteiger partial charge in [-0.15, -0.1) is 0 Å². The Morgan fingerprint density at radius 1 is 0.769 bits per heavy atom. The van der Waals surface area contributed by atoms with Gasteiger partial charge in [0.25, 0.3) is 0 Å². The van der Waals surface area contributed by atoms with Crippen LogP contribution in [0.2, 0.25) is 0 Å². The first-order valence-electron chi connectivity index (χ1n) is 8.55. The lowest BCUT2D eigenvalue weighted by molar-refractivity contribution is 0.0416. The monoisotopic (exact) mass is 366 g/mol. The van der Waals surface area contributed by atoms with Crippen molar-refractivity contribution in [2.75, 3.05) is 19.4 Å². The van der Waals surface area contributed by atoms with E-state index in [9.17, 15) is 9.67 Å². The summed E-state index contributed by atoms with van der Waals surface area (Å²) in [6.45, 7) is 1.57. The maximum Gasteiger partial charge on any atom is 0.144 e. The minimum absolute atomic E-state index is 0.0117. The molecule has 1 N–H and O–H groups in total. The predicted octanol–water partition coefficient (Wildman–Crippen LogP) is 4.90. The third kappa shape index (κ3) is 3.81. The molecule has 0 saturated carbocycles. The molecule has 0 aromatic heterocycles. The van der Waals surface area contributed by atoms with E-state index < -0.39 is 12.7 Å². The summed E-state index contributed by atoms with van der Waals surface area (Å²) in [5, 5.41) is 9.46. The molecule has 0 spiro atoms. The molecule has 0 heterocycles. The van der Waals surface area contributed by atoms with Crippen LogP contribution in [-0.2, 0) is 14.9 Å². The van der Waals surface area contributed by atoms with Crippen LogP contribution in [0.15, 0.2) is 91.0 Å². The van der Waals surface area contributed by atoms with Crippen molar-refractivity contribution in [2.24, 2.45) is 0 Å². The quantitative estimate of drug-likeness (QED) is 0.478. The van der Waals surface area contributed by atoms with Crippen molar-refractivity contribution in [1.82, 2.24) is 0 Å². The number of aliphatic hydroxyl groups is 1. The first kappa shape index (κ1) is 18.6. The summed E-state index contributed by atoms with van der Waals surface area (Å²) in [6, 6.07) is 29.8. The van der Waals surface area contributed by atoms with Gasteiger partial charge in [0.05, 0.1) is 6.35 Å². The van der Waals surface area contributed by atoms with Gasteiger partial charge in [0.15, 0.2) is 0 Å². The fourth-order valence-corrected chi connectivity index (χ4v) is 3.59. The molecular formula is C22H23O3P. The van der Waals surface area contributed by atoms with Gasteiger partial charge in [-0.1, -0.05) is 91.0 Å². The molecule has 134 valence electrons. The lowest BCUT2D eigenvalue weighted by atomic mass is 9.80. The first-order valence-corrected chi connectivity index (χ1v) is 11.1. The van der Waals surface area contributed by atoms with E-state index in [0.717, 1.165) is 16.7 Å². The summed E-state index contributed by atoms with van der Waals surface area (Å²) in [5.41, 5.74) is 1.96. The van der Waals surface area contributed by atoms with Crippen molar-refractivity contribution >= 4 is 7.14 Å². The van der Waals surface area contributed by atoms with Crippen LogP contribution in [0.3, 0.4) is 0 Å². The summed E-state index contributed by atoms with van der Waals surface area (Å²) in [7, 11) is -2.80. The van der Waals surface area contributed by atoms with Crippen LogP contribution >= 0.6 is 7.14 Å². The second-order valence-electron chi connectivity index (χ2n) is 6.49. The Bertz CT molecular complexity index is 767.